The minimum atomic E-state index is 0.0307. The van der Waals surface area contributed by atoms with Crippen LogP contribution in [-0.4, -0.2) is 18.0 Å². The fourth-order valence-corrected chi connectivity index (χ4v) is 2.46. The van der Waals surface area contributed by atoms with Gasteiger partial charge in [0.05, 0.1) is 5.56 Å². The van der Waals surface area contributed by atoms with Crippen molar-refractivity contribution in [2.45, 2.75) is 52.1 Å². The number of nitrogens with one attached hydrogen (secondary N) is 2. The van der Waals surface area contributed by atoms with E-state index in [0.29, 0.717) is 12.0 Å². The number of benzene rings is 1. The van der Waals surface area contributed by atoms with Gasteiger partial charge in [0.25, 0.3) is 5.91 Å². The van der Waals surface area contributed by atoms with Crippen LogP contribution in [0, 0.1) is 5.92 Å². The van der Waals surface area contributed by atoms with Crippen LogP contribution in [0.1, 0.15) is 50.4 Å². The van der Waals surface area contributed by atoms with Gasteiger partial charge in [0, 0.05) is 17.8 Å². The predicted octanol–water partition coefficient (Wildman–Crippen LogP) is 3.43. The molecule has 0 radical (unpaired) electrons. The smallest absolute Gasteiger partial charge is 0.253 e. The van der Waals surface area contributed by atoms with Gasteiger partial charge in [-0.05, 0) is 51.7 Å². The summed E-state index contributed by atoms with van der Waals surface area (Å²) in [6, 6.07) is 8.30. The third-order valence-electron chi connectivity index (χ3n) is 3.83. The van der Waals surface area contributed by atoms with Crippen LogP contribution in [0.3, 0.4) is 0 Å². The molecule has 1 amide bonds. The van der Waals surface area contributed by atoms with Crippen LogP contribution < -0.4 is 10.6 Å². The van der Waals surface area contributed by atoms with Crippen molar-refractivity contribution in [3.63, 3.8) is 0 Å². The van der Waals surface area contributed by atoms with Crippen LogP contribution in [0.5, 0.6) is 0 Å². The number of amides is 1. The Balaban J connectivity index is 2.05. The molecule has 0 bridgehead atoms. The van der Waals surface area contributed by atoms with Gasteiger partial charge in [0.15, 0.2) is 0 Å². The Morgan fingerprint density at radius 1 is 1.21 bits per heavy atom. The highest BCUT2D eigenvalue weighted by atomic mass is 16.1. The molecule has 1 saturated carbocycles. The van der Waals surface area contributed by atoms with E-state index in [-0.39, 0.29) is 11.9 Å². The summed E-state index contributed by atoms with van der Waals surface area (Å²) in [6.07, 6.45) is 3.79. The largest absolute Gasteiger partial charge is 0.382 e. The first kappa shape index (κ1) is 13.9. The second-order valence-electron chi connectivity index (χ2n) is 5.80. The SMILES string of the molecule is CC(C)Nc1ccccc1C(=O)NC(C)C1CCC1. The lowest BCUT2D eigenvalue weighted by atomic mass is 9.80. The molecule has 0 aliphatic heterocycles. The molecule has 1 aliphatic carbocycles. The van der Waals surface area contributed by atoms with Gasteiger partial charge >= 0.3 is 0 Å². The third-order valence-corrected chi connectivity index (χ3v) is 3.83. The van der Waals surface area contributed by atoms with E-state index in [1.807, 2.05) is 24.3 Å². The number of anilines is 1. The molecule has 3 heteroatoms. The molecule has 19 heavy (non-hydrogen) atoms. The summed E-state index contributed by atoms with van der Waals surface area (Å²) in [4.78, 5) is 12.4. The van der Waals surface area contributed by atoms with Crippen LogP contribution in [0.4, 0.5) is 5.69 Å². The molecule has 1 aliphatic rings. The van der Waals surface area contributed by atoms with Crippen LogP contribution in [0.25, 0.3) is 0 Å². The summed E-state index contributed by atoms with van der Waals surface area (Å²) in [5, 5.41) is 6.46. The van der Waals surface area contributed by atoms with E-state index in [1.165, 1.54) is 19.3 Å². The van der Waals surface area contributed by atoms with Crippen LogP contribution >= 0.6 is 0 Å². The molecule has 0 spiro atoms. The van der Waals surface area contributed by atoms with Crippen molar-refractivity contribution in [2.24, 2.45) is 5.92 Å². The number of carbonyl (C=O) groups is 1. The first-order valence-corrected chi connectivity index (χ1v) is 7.24. The molecular weight excluding hydrogens is 236 g/mol. The Hall–Kier alpha value is -1.51. The third kappa shape index (κ3) is 3.49. The minimum Gasteiger partial charge on any atom is -0.382 e. The Kier molecular flexibility index (Phi) is 4.46. The fourth-order valence-electron chi connectivity index (χ4n) is 2.46. The number of hydrogen-bond donors (Lipinski definition) is 2. The van der Waals surface area contributed by atoms with Gasteiger partial charge in [0.1, 0.15) is 0 Å². The summed E-state index contributed by atoms with van der Waals surface area (Å²) in [6.45, 7) is 6.26. The first-order valence-electron chi connectivity index (χ1n) is 7.24. The molecule has 0 saturated heterocycles. The van der Waals surface area contributed by atoms with E-state index in [1.54, 1.807) is 0 Å². The number of rotatable bonds is 5. The van der Waals surface area contributed by atoms with E-state index in [4.69, 9.17) is 0 Å². The van der Waals surface area contributed by atoms with Gasteiger partial charge in [-0.15, -0.1) is 0 Å². The second kappa shape index (κ2) is 6.09. The van der Waals surface area contributed by atoms with Crippen molar-refractivity contribution in [3.05, 3.63) is 29.8 Å². The fraction of sp³-hybridized carbons (Fsp3) is 0.562. The number of para-hydroxylation sites is 1. The molecule has 104 valence electrons. The zero-order chi connectivity index (χ0) is 13.8. The zero-order valence-corrected chi connectivity index (χ0v) is 12.1. The molecule has 1 aromatic rings. The van der Waals surface area contributed by atoms with E-state index in [2.05, 4.69) is 31.4 Å². The average Bonchev–Trinajstić information content (AvgIpc) is 2.26. The van der Waals surface area contributed by atoms with Crippen molar-refractivity contribution in [3.8, 4) is 0 Å². The summed E-state index contributed by atoms with van der Waals surface area (Å²) < 4.78 is 0. The Morgan fingerprint density at radius 2 is 1.89 bits per heavy atom. The predicted molar refractivity (Wildman–Crippen MR) is 79.5 cm³/mol. The molecule has 1 aromatic carbocycles. The molecule has 3 nitrogen and oxygen atoms in total. The molecular formula is C16H24N2O. The van der Waals surface area contributed by atoms with Gasteiger partial charge in [-0.2, -0.15) is 0 Å². The summed E-state index contributed by atoms with van der Waals surface area (Å²) in [7, 11) is 0. The maximum Gasteiger partial charge on any atom is 0.253 e. The van der Waals surface area contributed by atoms with E-state index < -0.39 is 0 Å². The Morgan fingerprint density at radius 3 is 2.47 bits per heavy atom. The number of carbonyl (C=O) groups excluding carboxylic acids is 1. The summed E-state index contributed by atoms with van der Waals surface area (Å²) in [5.74, 6) is 0.692. The number of hydrogen-bond acceptors (Lipinski definition) is 2. The molecule has 2 N–H and O–H groups in total. The van der Waals surface area contributed by atoms with Crippen LogP contribution in [-0.2, 0) is 0 Å². The van der Waals surface area contributed by atoms with E-state index in [0.717, 1.165) is 11.3 Å². The molecule has 0 heterocycles. The van der Waals surface area contributed by atoms with Gasteiger partial charge in [-0.25, -0.2) is 0 Å². The van der Waals surface area contributed by atoms with E-state index >= 15 is 0 Å². The maximum atomic E-state index is 12.4. The topological polar surface area (TPSA) is 41.1 Å². The van der Waals surface area contributed by atoms with Crippen LogP contribution in [0.15, 0.2) is 24.3 Å². The molecule has 2 rings (SSSR count). The average molecular weight is 260 g/mol. The lowest BCUT2D eigenvalue weighted by molar-refractivity contribution is 0.0910. The molecule has 1 fully saturated rings. The summed E-state index contributed by atoms with van der Waals surface area (Å²) >= 11 is 0. The van der Waals surface area contributed by atoms with Crippen LogP contribution in [0.2, 0.25) is 0 Å². The molecule has 0 aromatic heterocycles. The zero-order valence-electron chi connectivity index (χ0n) is 12.1. The highest BCUT2D eigenvalue weighted by molar-refractivity contribution is 5.99. The Bertz CT molecular complexity index is 438. The van der Waals surface area contributed by atoms with Crippen molar-refractivity contribution >= 4 is 11.6 Å². The molecule has 1 atom stereocenters. The lowest BCUT2D eigenvalue weighted by Gasteiger charge is -2.32. The normalized spacial score (nSPS) is 16.8. The van der Waals surface area contributed by atoms with E-state index in [9.17, 15) is 4.79 Å². The lowest BCUT2D eigenvalue weighted by Crippen LogP contribution is -2.40. The second-order valence-corrected chi connectivity index (χ2v) is 5.80. The van der Waals surface area contributed by atoms with Gasteiger partial charge in [0.2, 0.25) is 0 Å². The monoisotopic (exact) mass is 260 g/mol. The van der Waals surface area contributed by atoms with Gasteiger partial charge in [-0.1, -0.05) is 18.6 Å². The standard InChI is InChI=1S/C16H24N2O/c1-11(2)17-15-10-5-4-9-14(15)16(19)18-12(3)13-7-6-8-13/h4-5,9-13,17H,6-8H2,1-3H3,(H,18,19). The van der Waals surface area contributed by atoms with Crippen molar-refractivity contribution in [1.29, 1.82) is 0 Å². The van der Waals surface area contributed by atoms with Crippen molar-refractivity contribution in [2.75, 3.05) is 5.32 Å². The maximum absolute atomic E-state index is 12.4. The van der Waals surface area contributed by atoms with Crippen molar-refractivity contribution in [1.82, 2.24) is 5.32 Å². The van der Waals surface area contributed by atoms with Crippen molar-refractivity contribution < 1.29 is 4.79 Å². The quantitative estimate of drug-likeness (QED) is 0.851. The minimum absolute atomic E-state index is 0.0307. The van der Waals surface area contributed by atoms with Gasteiger partial charge < -0.3 is 10.6 Å². The first-order chi connectivity index (χ1) is 9.08. The highest BCUT2D eigenvalue weighted by Crippen LogP contribution is 2.29. The summed E-state index contributed by atoms with van der Waals surface area (Å²) in [5.41, 5.74) is 1.65. The Labute approximate surface area is 115 Å². The van der Waals surface area contributed by atoms with Gasteiger partial charge in [-0.3, -0.25) is 4.79 Å². The highest BCUT2D eigenvalue weighted by Gasteiger charge is 2.25. The molecule has 1 unspecified atom stereocenters.